The molecule has 3 N–H and O–H groups in total. The third kappa shape index (κ3) is 4.57. The molecule has 1 aromatic heterocycles. The predicted octanol–water partition coefficient (Wildman–Crippen LogP) is 2.13. The molecular formula is C16H19N3O2. The van der Waals surface area contributed by atoms with Gasteiger partial charge in [0.25, 0.3) is 5.91 Å². The molecule has 0 aliphatic carbocycles. The summed E-state index contributed by atoms with van der Waals surface area (Å²) >= 11 is 0. The van der Waals surface area contributed by atoms with E-state index in [1.54, 1.807) is 6.07 Å². The van der Waals surface area contributed by atoms with Gasteiger partial charge in [-0.1, -0.05) is 26.0 Å². The van der Waals surface area contributed by atoms with E-state index in [1.165, 1.54) is 12.3 Å². The van der Waals surface area contributed by atoms with Crippen molar-refractivity contribution in [2.75, 3.05) is 5.32 Å². The summed E-state index contributed by atoms with van der Waals surface area (Å²) in [5, 5.41) is 6.09. The summed E-state index contributed by atoms with van der Waals surface area (Å²) in [5.41, 5.74) is 1.90. The zero-order valence-electron chi connectivity index (χ0n) is 12.1. The largest absolute Gasteiger partial charge is 0.329 e. The lowest BCUT2D eigenvalue weighted by molar-refractivity contribution is 0.102. The Labute approximate surface area is 123 Å². The van der Waals surface area contributed by atoms with E-state index in [9.17, 15) is 9.59 Å². The fraction of sp³-hybridized carbons (Fsp3) is 0.250. The maximum absolute atomic E-state index is 12.0. The summed E-state index contributed by atoms with van der Waals surface area (Å²) in [6, 6.07) is 10.9. The molecule has 2 rings (SSSR count). The molecule has 1 heterocycles. The fourth-order valence-corrected chi connectivity index (χ4v) is 1.82. The Morgan fingerprint density at radius 1 is 1.19 bits per heavy atom. The first kappa shape index (κ1) is 15.0. The van der Waals surface area contributed by atoms with Crippen molar-refractivity contribution in [3.8, 4) is 0 Å². The number of anilines is 1. The van der Waals surface area contributed by atoms with Gasteiger partial charge in [0.2, 0.25) is 5.56 Å². The minimum absolute atomic E-state index is 0.294. The average molecular weight is 285 g/mol. The zero-order valence-corrected chi connectivity index (χ0v) is 12.1. The van der Waals surface area contributed by atoms with E-state index >= 15 is 0 Å². The molecule has 0 spiro atoms. The van der Waals surface area contributed by atoms with E-state index < -0.39 is 0 Å². The Kier molecular flexibility index (Phi) is 4.90. The Morgan fingerprint density at radius 2 is 1.90 bits per heavy atom. The van der Waals surface area contributed by atoms with Crippen LogP contribution in [0.4, 0.5) is 5.69 Å². The second kappa shape index (κ2) is 6.85. The van der Waals surface area contributed by atoms with E-state index in [0.29, 0.717) is 17.3 Å². The van der Waals surface area contributed by atoms with Gasteiger partial charge in [-0.15, -0.1) is 0 Å². The van der Waals surface area contributed by atoms with Crippen molar-refractivity contribution in [2.45, 2.75) is 26.4 Å². The van der Waals surface area contributed by atoms with Crippen molar-refractivity contribution in [1.29, 1.82) is 0 Å². The van der Waals surface area contributed by atoms with Gasteiger partial charge in [-0.05, 0) is 23.8 Å². The number of aromatic amines is 1. The van der Waals surface area contributed by atoms with Crippen LogP contribution in [0, 0.1) is 0 Å². The van der Waals surface area contributed by atoms with Crippen molar-refractivity contribution in [3.63, 3.8) is 0 Å². The zero-order chi connectivity index (χ0) is 15.2. The highest BCUT2D eigenvalue weighted by molar-refractivity contribution is 6.04. The minimum Gasteiger partial charge on any atom is -0.329 e. The van der Waals surface area contributed by atoms with Crippen LogP contribution in [0.3, 0.4) is 0 Å². The highest BCUT2D eigenvalue weighted by Gasteiger charge is 2.06. The quantitative estimate of drug-likeness (QED) is 0.788. The predicted molar refractivity (Wildman–Crippen MR) is 83.4 cm³/mol. The van der Waals surface area contributed by atoms with Crippen LogP contribution >= 0.6 is 0 Å². The number of aromatic nitrogens is 1. The second-order valence-electron chi connectivity index (χ2n) is 5.13. The maximum atomic E-state index is 12.0. The van der Waals surface area contributed by atoms with Crippen LogP contribution in [0.15, 0.2) is 47.4 Å². The Bertz CT molecular complexity index is 660. The highest BCUT2D eigenvalue weighted by Crippen LogP contribution is 2.11. The maximum Gasteiger partial charge on any atom is 0.255 e. The molecule has 2 aromatic rings. The number of rotatable bonds is 5. The number of amides is 1. The van der Waals surface area contributed by atoms with Crippen molar-refractivity contribution >= 4 is 11.6 Å². The number of H-pyrrole nitrogens is 1. The van der Waals surface area contributed by atoms with Gasteiger partial charge < -0.3 is 15.6 Å². The van der Waals surface area contributed by atoms with Crippen molar-refractivity contribution in [2.24, 2.45) is 0 Å². The van der Waals surface area contributed by atoms with Crippen LogP contribution in [0.1, 0.15) is 29.8 Å². The van der Waals surface area contributed by atoms with Crippen LogP contribution in [0.25, 0.3) is 0 Å². The molecule has 21 heavy (non-hydrogen) atoms. The summed E-state index contributed by atoms with van der Waals surface area (Å²) in [6.07, 6.45) is 1.46. The van der Waals surface area contributed by atoms with Gasteiger partial charge in [-0.3, -0.25) is 9.59 Å². The van der Waals surface area contributed by atoms with Gasteiger partial charge in [0.1, 0.15) is 0 Å². The molecule has 1 amide bonds. The van der Waals surface area contributed by atoms with E-state index in [4.69, 9.17) is 0 Å². The Balaban J connectivity index is 2.00. The first-order chi connectivity index (χ1) is 10.0. The average Bonchev–Trinajstić information content (AvgIpc) is 2.46. The highest BCUT2D eigenvalue weighted by atomic mass is 16.2. The summed E-state index contributed by atoms with van der Waals surface area (Å²) in [7, 11) is 0. The van der Waals surface area contributed by atoms with Crippen LogP contribution in [-0.4, -0.2) is 16.9 Å². The summed E-state index contributed by atoms with van der Waals surface area (Å²) in [4.78, 5) is 25.6. The minimum atomic E-state index is -0.297. The molecule has 1 aromatic carbocycles. The first-order valence-electron chi connectivity index (χ1n) is 6.87. The third-order valence-corrected chi connectivity index (χ3v) is 2.96. The molecule has 110 valence electrons. The van der Waals surface area contributed by atoms with Crippen LogP contribution in [0.5, 0.6) is 0 Å². The summed E-state index contributed by atoms with van der Waals surface area (Å²) in [5.74, 6) is -0.297. The SMILES string of the molecule is CC(C)NCc1ccc(NC(=O)c2cc[nH]c(=O)c2)cc1. The van der Waals surface area contributed by atoms with Gasteiger partial charge in [-0.25, -0.2) is 0 Å². The topological polar surface area (TPSA) is 74.0 Å². The number of benzene rings is 1. The lowest BCUT2D eigenvalue weighted by Gasteiger charge is -2.09. The number of pyridine rings is 1. The molecule has 0 aliphatic rings. The summed E-state index contributed by atoms with van der Waals surface area (Å²) < 4.78 is 0. The Morgan fingerprint density at radius 3 is 2.52 bits per heavy atom. The third-order valence-electron chi connectivity index (χ3n) is 2.96. The smallest absolute Gasteiger partial charge is 0.255 e. The van der Waals surface area contributed by atoms with Crippen molar-refractivity contribution in [3.05, 3.63) is 64.1 Å². The van der Waals surface area contributed by atoms with Gasteiger partial charge >= 0.3 is 0 Å². The normalized spacial score (nSPS) is 10.6. The van der Waals surface area contributed by atoms with Crippen LogP contribution in [0.2, 0.25) is 0 Å². The van der Waals surface area contributed by atoms with Gasteiger partial charge in [0.15, 0.2) is 0 Å². The van der Waals surface area contributed by atoms with Crippen molar-refractivity contribution < 1.29 is 4.79 Å². The number of nitrogens with one attached hydrogen (secondary N) is 3. The molecule has 0 atom stereocenters. The molecule has 0 aliphatic heterocycles. The molecule has 0 bridgehead atoms. The Hall–Kier alpha value is -2.40. The standard InChI is InChI=1S/C16H19N3O2/c1-11(2)18-10-12-3-5-14(6-4-12)19-16(21)13-7-8-17-15(20)9-13/h3-9,11,18H,10H2,1-2H3,(H,17,20)(H,19,21). The second-order valence-corrected chi connectivity index (χ2v) is 5.13. The molecule has 5 nitrogen and oxygen atoms in total. The molecule has 0 fully saturated rings. The molecule has 0 unspecified atom stereocenters. The number of hydrogen-bond donors (Lipinski definition) is 3. The molecular weight excluding hydrogens is 266 g/mol. The molecule has 0 saturated heterocycles. The van der Waals surface area contributed by atoms with E-state index in [1.807, 2.05) is 24.3 Å². The molecule has 0 radical (unpaired) electrons. The number of carbonyl (C=O) groups is 1. The lowest BCUT2D eigenvalue weighted by atomic mass is 10.2. The first-order valence-corrected chi connectivity index (χ1v) is 6.87. The van der Waals surface area contributed by atoms with E-state index in [2.05, 4.69) is 29.5 Å². The van der Waals surface area contributed by atoms with Crippen molar-refractivity contribution in [1.82, 2.24) is 10.3 Å². The lowest BCUT2D eigenvalue weighted by Crippen LogP contribution is -2.21. The molecule has 0 saturated carbocycles. The van der Waals surface area contributed by atoms with Gasteiger partial charge in [0, 0.05) is 36.1 Å². The molecule has 5 heteroatoms. The van der Waals surface area contributed by atoms with Crippen LogP contribution in [-0.2, 0) is 6.54 Å². The summed E-state index contributed by atoms with van der Waals surface area (Å²) in [6.45, 7) is 4.98. The van der Waals surface area contributed by atoms with Gasteiger partial charge in [-0.2, -0.15) is 0 Å². The number of hydrogen-bond acceptors (Lipinski definition) is 3. The number of carbonyl (C=O) groups excluding carboxylic acids is 1. The van der Waals surface area contributed by atoms with Gasteiger partial charge in [0.05, 0.1) is 0 Å². The van der Waals surface area contributed by atoms with E-state index in [-0.39, 0.29) is 11.5 Å². The van der Waals surface area contributed by atoms with E-state index in [0.717, 1.165) is 12.1 Å². The van der Waals surface area contributed by atoms with Crippen LogP contribution < -0.4 is 16.2 Å². The monoisotopic (exact) mass is 285 g/mol. The fourth-order valence-electron chi connectivity index (χ4n) is 1.82.